The topological polar surface area (TPSA) is 17.3 Å². The Bertz CT molecular complexity index is 2400. The van der Waals surface area contributed by atoms with Gasteiger partial charge >= 0.3 is 0 Å². The highest BCUT2D eigenvalue weighted by molar-refractivity contribution is 6.09. The van der Waals surface area contributed by atoms with Crippen molar-refractivity contribution in [1.82, 2.24) is 9.61 Å². The van der Waals surface area contributed by atoms with Crippen molar-refractivity contribution in [1.29, 1.82) is 0 Å². The van der Waals surface area contributed by atoms with E-state index in [1.54, 1.807) is 0 Å². The molecule has 0 saturated heterocycles. The van der Waals surface area contributed by atoms with Gasteiger partial charge in [-0.2, -0.15) is 5.10 Å². The van der Waals surface area contributed by atoms with Gasteiger partial charge in [-0.3, -0.25) is 0 Å². The minimum atomic E-state index is 0.873. The molecule has 0 aliphatic heterocycles. The van der Waals surface area contributed by atoms with Crippen LogP contribution < -0.4 is 0 Å². The summed E-state index contributed by atoms with van der Waals surface area (Å²) in [6.07, 6.45) is 3.20. The van der Waals surface area contributed by atoms with E-state index < -0.39 is 0 Å². The lowest BCUT2D eigenvalue weighted by Gasteiger charge is -2.15. The minimum Gasteiger partial charge on any atom is -0.231 e. The molecule has 206 valence electrons. The number of benzene rings is 6. The lowest BCUT2D eigenvalue weighted by Crippen LogP contribution is -1.98. The molecular weight excluding hydrogens is 532 g/mol. The van der Waals surface area contributed by atoms with Crippen LogP contribution in [0, 0.1) is 0 Å². The molecule has 6 aromatic carbocycles. The molecule has 2 aromatic heterocycles. The summed E-state index contributed by atoms with van der Waals surface area (Å²) in [6.45, 7) is 0. The van der Waals surface area contributed by atoms with Crippen molar-refractivity contribution in [3.05, 3.63) is 168 Å². The first-order valence-electron chi connectivity index (χ1n) is 15.2. The first-order valence-corrected chi connectivity index (χ1v) is 15.2. The summed E-state index contributed by atoms with van der Waals surface area (Å²) in [5, 5.41) is 10.4. The van der Waals surface area contributed by atoms with E-state index in [0.29, 0.717) is 0 Å². The molecule has 1 aliphatic rings. The second-order valence-electron chi connectivity index (χ2n) is 11.6. The van der Waals surface area contributed by atoms with Gasteiger partial charge in [0.05, 0.1) is 16.9 Å². The summed E-state index contributed by atoms with van der Waals surface area (Å²) in [5.74, 6) is 0. The predicted molar refractivity (Wildman–Crippen MR) is 185 cm³/mol. The number of rotatable bonds is 4. The molecule has 0 atom stereocenters. The molecule has 8 aromatic rings. The molecular formula is C42H28N2. The zero-order valence-corrected chi connectivity index (χ0v) is 24.1. The third kappa shape index (κ3) is 3.92. The Labute approximate surface area is 256 Å². The van der Waals surface area contributed by atoms with Crippen LogP contribution in [-0.2, 0) is 6.42 Å². The highest BCUT2D eigenvalue weighted by atomic mass is 15.2. The lowest BCUT2D eigenvalue weighted by atomic mass is 9.92. The number of hydrogen-bond donors (Lipinski definition) is 0. The van der Waals surface area contributed by atoms with Crippen molar-refractivity contribution >= 4 is 38.7 Å². The van der Waals surface area contributed by atoms with Gasteiger partial charge in [0.25, 0.3) is 0 Å². The minimum absolute atomic E-state index is 0.873. The Morgan fingerprint density at radius 3 is 1.89 bits per heavy atom. The van der Waals surface area contributed by atoms with Crippen LogP contribution in [0.5, 0.6) is 0 Å². The van der Waals surface area contributed by atoms with Crippen molar-refractivity contribution in [2.24, 2.45) is 0 Å². The zero-order chi connectivity index (χ0) is 29.0. The summed E-state index contributed by atoms with van der Waals surface area (Å²) in [7, 11) is 0. The number of allylic oxidation sites excluding steroid dienone is 1. The average Bonchev–Trinajstić information content (AvgIpc) is 3.71. The predicted octanol–water partition coefficient (Wildman–Crippen LogP) is 10.7. The number of fused-ring (bicyclic) bond motifs is 5. The standard InChI is InChI=1S/C42H28N2/c1-3-13-28(14-4-1)37-25-32-19-9-10-20-33(32)26-38(37)39-27-34-21-11-12-22-36(34)42-40(29-15-5-2-6-16-29)41(43-44(39)42)35-23-30-17-7-8-18-31(30)24-35/h1-23,25-27H,24H2. The Balaban J connectivity index is 1.42. The van der Waals surface area contributed by atoms with Crippen LogP contribution in [0.15, 0.2) is 152 Å². The molecule has 0 amide bonds. The molecule has 0 spiro atoms. The van der Waals surface area contributed by atoms with E-state index in [-0.39, 0.29) is 0 Å². The molecule has 2 nitrogen and oxygen atoms in total. The number of aromatic nitrogens is 2. The lowest BCUT2D eigenvalue weighted by molar-refractivity contribution is 0.961. The van der Waals surface area contributed by atoms with Gasteiger partial charge in [-0.05, 0) is 73.8 Å². The van der Waals surface area contributed by atoms with Gasteiger partial charge in [0.15, 0.2) is 0 Å². The molecule has 0 bridgehead atoms. The van der Waals surface area contributed by atoms with Crippen molar-refractivity contribution in [3.63, 3.8) is 0 Å². The van der Waals surface area contributed by atoms with Gasteiger partial charge in [0, 0.05) is 22.9 Å². The Morgan fingerprint density at radius 1 is 0.523 bits per heavy atom. The summed E-state index contributed by atoms with van der Waals surface area (Å²) in [5.41, 5.74) is 13.1. The summed E-state index contributed by atoms with van der Waals surface area (Å²) >= 11 is 0. The fourth-order valence-electron chi connectivity index (χ4n) is 6.92. The second kappa shape index (κ2) is 9.93. The van der Waals surface area contributed by atoms with Crippen LogP contribution in [0.2, 0.25) is 0 Å². The van der Waals surface area contributed by atoms with Crippen LogP contribution in [0.25, 0.3) is 72.2 Å². The fraction of sp³-hybridized carbons (Fsp3) is 0.0238. The highest BCUT2D eigenvalue weighted by Crippen LogP contribution is 2.44. The maximum Gasteiger partial charge on any atom is 0.0976 e. The van der Waals surface area contributed by atoms with E-state index in [2.05, 4.69) is 162 Å². The summed E-state index contributed by atoms with van der Waals surface area (Å²) in [6, 6.07) is 54.6. The van der Waals surface area contributed by atoms with E-state index in [4.69, 9.17) is 5.10 Å². The highest BCUT2D eigenvalue weighted by Gasteiger charge is 2.25. The van der Waals surface area contributed by atoms with Crippen molar-refractivity contribution < 1.29 is 0 Å². The monoisotopic (exact) mass is 560 g/mol. The normalized spacial score (nSPS) is 12.6. The molecule has 2 heterocycles. The third-order valence-corrected chi connectivity index (χ3v) is 9.00. The number of nitrogens with zero attached hydrogens (tertiary/aromatic N) is 2. The second-order valence-corrected chi connectivity index (χ2v) is 11.6. The van der Waals surface area contributed by atoms with Crippen LogP contribution in [-0.4, -0.2) is 9.61 Å². The largest absolute Gasteiger partial charge is 0.231 e. The quantitative estimate of drug-likeness (QED) is 0.209. The molecule has 44 heavy (non-hydrogen) atoms. The number of pyridine rings is 1. The molecule has 0 saturated carbocycles. The van der Waals surface area contributed by atoms with Crippen molar-refractivity contribution in [3.8, 4) is 33.5 Å². The van der Waals surface area contributed by atoms with E-state index in [9.17, 15) is 0 Å². The van der Waals surface area contributed by atoms with Crippen LogP contribution >= 0.6 is 0 Å². The smallest absolute Gasteiger partial charge is 0.0976 e. The maximum absolute atomic E-state index is 5.54. The molecule has 0 N–H and O–H groups in total. The first kappa shape index (κ1) is 24.8. The van der Waals surface area contributed by atoms with E-state index >= 15 is 0 Å². The SMILES string of the molecule is C1=C(c2nn3c(-c4cc5ccccc5cc4-c4ccccc4)cc4ccccc4c3c2-c2ccccc2)Cc2ccccc21. The molecule has 2 heteroatoms. The summed E-state index contributed by atoms with van der Waals surface area (Å²) in [4.78, 5) is 0. The maximum atomic E-state index is 5.54. The van der Waals surface area contributed by atoms with Crippen molar-refractivity contribution in [2.45, 2.75) is 6.42 Å². The Hall–Kier alpha value is -5.73. The van der Waals surface area contributed by atoms with Crippen molar-refractivity contribution in [2.75, 3.05) is 0 Å². The Kier molecular flexibility index (Phi) is 5.60. The van der Waals surface area contributed by atoms with Gasteiger partial charge in [0.1, 0.15) is 0 Å². The summed E-state index contributed by atoms with van der Waals surface area (Å²) < 4.78 is 2.22. The van der Waals surface area contributed by atoms with Gasteiger partial charge in [-0.15, -0.1) is 0 Å². The Morgan fingerprint density at radius 2 is 1.14 bits per heavy atom. The van der Waals surface area contributed by atoms with E-state index in [1.165, 1.54) is 66.1 Å². The molecule has 1 aliphatic carbocycles. The van der Waals surface area contributed by atoms with Crippen LogP contribution in [0.4, 0.5) is 0 Å². The molecule has 0 radical (unpaired) electrons. The first-order chi connectivity index (χ1) is 21.8. The van der Waals surface area contributed by atoms with Crippen LogP contribution in [0.1, 0.15) is 16.8 Å². The van der Waals surface area contributed by atoms with Gasteiger partial charge in [-0.1, -0.05) is 133 Å². The van der Waals surface area contributed by atoms with Gasteiger partial charge in [-0.25, -0.2) is 4.52 Å². The molecule has 0 unspecified atom stereocenters. The van der Waals surface area contributed by atoms with Crippen LogP contribution in [0.3, 0.4) is 0 Å². The molecule has 0 fully saturated rings. The van der Waals surface area contributed by atoms with Gasteiger partial charge in [0.2, 0.25) is 0 Å². The fourth-order valence-corrected chi connectivity index (χ4v) is 6.92. The molecule has 9 rings (SSSR count). The van der Waals surface area contributed by atoms with E-state index in [0.717, 1.165) is 23.3 Å². The average molecular weight is 561 g/mol. The number of hydrogen-bond acceptors (Lipinski definition) is 1. The van der Waals surface area contributed by atoms with Gasteiger partial charge < -0.3 is 0 Å². The zero-order valence-electron chi connectivity index (χ0n) is 24.1. The third-order valence-electron chi connectivity index (χ3n) is 9.00. The van der Waals surface area contributed by atoms with E-state index in [1.807, 2.05) is 0 Å².